The molecule has 2 aromatic rings. The van der Waals surface area contributed by atoms with Crippen molar-refractivity contribution in [2.24, 2.45) is 0 Å². The molecule has 0 saturated carbocycles. The van der Waals surface area contributed by atoms with Gasteiger partial charge in [-0.15, -0.1) is 0 Å². The summed E-state index contributed by atoms with van der Waals surface area (Å²) in [6, 6.07) is 15.8. The first-order valence-corrected chi connectivity index (χ1v) is 6.81. The number of halogens is 1. The minimum absolute atomic E-state index is 0.712. The Balaban J connectivity index is 1.66. The molecule has 0 amide bonds. The lowest BCUT2D eigenvalue weighted by Crippen LogP contribution is -2.07. The maximum absolute atomic E-state index is 5.83. The molecule has 0 atom stereocenters. The molecule has 0 aliphatic rings. The van der Waals surface area contributed by atoms with Crippen molar-refractivity contribution in [2.45, 2.75) is 13.3 Å². The molecular formula is C16H18ClNO. The first kappa shape index (κ1) is 13.8. The Morgan fingerprint density at radius 1 is 1.11 bits per heavy atom. The molecule has 0 bridgehead atoms. The Morgan fingerprint density at radius 3 is 2.63 bits per heavy atom. The molecule has 0 aromatic heterocycles. The molecule has 0 radical (unpaired) electrons. The monoisotopic (exact) mass is 275 g/mol. The quantitative estimate of drug-likeness (QED) is 0.782. The van der Waals surface area contributed by atoms with Crippen molar-refractivity contribution in [1.29, 1.82) is 0 Å². The van der Waals surface area contributed by atoms with E-state index in [9.17, 15) is 0 Å². The van der Waals surface area contributed by atoms with Crippen LogP contribution in [0.4, 0.5) is 5.69 Å². The van der Waals surface area contributed by atoms with Crippen LogP contribution < -0.4 is 10.1 Å². The number of hydrogen-bond acceptors (Lipinski definition) is 2. The number of aryl methyl sites for hydroxylation is 1. The topological polar surface area (TPSA) is 21.3 Å². The van der Waals surface area contributed by atoms with E-state index in [0.29, 0.717) is 6.61 Å². The Morgan fingerprint density at radius 2 is 1.89 bits per heavy atom. The van der Waals surface area contributed by atoms with Crippen LogP contribution in [0.5, 0.6) is 5.75 Å². The van der Waals surface area contributed by atoms with Gasteiger partial charge in [0, 0.05) is 17.3 Å². The molecular weight excluding hydrogens is 258 g/mol. The third-order valence-electron chi connectivity index (χ3n) is 2.75. The van der Waals surface area contributed by atoms with Gasteiger partial charge < -0.3 is 10.1 Å². The van der Waals surface area contributed by atoms with E-state index in [2.05, 4.69) is 18.3 Å². The minimum Gasteiger partial charge on any atom is -0.494 e. The fourth-order valence-electron chi connectivity index (χ4n) is 1.77. The maximum Gasteiger partial charge on any atom is 0.119 e. The van der Waals surface area contributed by atoms with Gasteiger partial charge in [0.2, 0.25) is 0 Å². The van der Waals surface area contributed by atoms with Crippen LogP contribution in [-0.4, -0.2) is 13.2 Å². The highest BCUT2D eigenvalue weighted by atomic mass is 35.5. The number of nitrogens with one attached hydrogen (secondary N) is 1. The highest BCUT2D eigenvalue weighted by Gasteiger charge is 1.95. The molecule has 0 saturated heterocycles. The van der Waals surface area contributed by atoms with Crippen LogP contribution >= 0.6 is 11.6 Å². The second-order valence-corrected chi connectivity index (χ2v) is 4.89. The first-order chi connectivity index (χ1) is 9.24. The molecule has 100 valence electrons. The fourth-order valence-corrected chi connectivity index (χ4v) is 1.89. The van der Waals surface area contributed by atoms with Crippen molar-refractivity contribution in [3.8, 4) is 5.75 Å². The highest BCUT2D eigenvalue weighted by Crippen LogP contribution is 2.14. The van der Waals surface area contributed by atoms with Gasteiger partial charge >= 0.3 is 0 Å². The Kier molecular flexibility index (Phi) is 5.10. The molecule has 2 rings (SSSR count). The van der Waals surface area contributed by atoms with E-state index in [1.54, 1.807) is 0 Å². The van der Waals surface area contributed by atoms with Crippen molar-refractivity contribution in [2.75, 3.05) is 18.5 Å². The summed E-state index contributed by atoms with van der Waals surface area (Å²) in [6.45, 7) is 3.66. The van der Waals surface area contributed by atoms with Crippen LogP contribution in [0.15, 0.2) is 48.5 Å². The van der Waals surface area contributed by atoms with E-state index >= 15 is 0 Å². The standard InChI is InChI=1S/C16H18ClNO/c1-13-4-2-5-16(12-13)19-11-3-10-18-15-8-6-14(17)7-9-15/h2,4-9,12,18H,3,10-11H2,1H3. The molecule has 19 heavy (non-hydrogen) atoms. The third kappa shape index (κ3) is 4.84. The fraction of sp³-hybridized carbons (Fsp3) is 0.250. The zero-order chi connectivity index (χ0) is 13.5. The van der Waals surface area contributed by atoms with Crippen LogP contribution in [0, 0.1) is 6.92 Å². The highest BCUT2D eigenvalue weighted by molar-refractivity contribution is 6.30. The lowest BCUT2D eigenvalue weighted by atomic mass is 10.2. The van der Waals surface area contributed by atoms with Crippen molar-refractivity contribution in [3.63, 3.8) is 0 Å². The van der Waals surface area contributed by atoms with Crippen molar-refractivity contribution >= 4 is 17.3 Å². The summed E-state index contributed by atoms with van der Waals surface area (Å²) < 4.78 is 5.68. The summed E-state index contributed by atoms with van der Waals surface area (Å²) in [5.74, 6) is 0.937. The normalized spacial score (nSPS) is 10.2. The van der Waals surface area contributed by atoms with E-state index in [1.165, 1.54) is 5.56 Å². The predicted octanol–water partition coefficient (Wildman–Crippen LogP) is 4.53. The van der Waals surface area contributed by atoms with E-state index in [1.807, 2.05) is 42.5 Å². The molecule has 2 aromatic carbocycles. The van der Waals surface area contributed by atoms with Gasteiger partial charge in [0.15, 0.2) is 0 Å². The van der Waals surface area contributed by atoms with Gasteiger partial charge in [-0.25, -0.2) is 0 Å². The predicted molar refractivity (Wildman–Crippen MR) is 81.2 cm³/mol. The SMILES string of the molecule is Cc1cccc(OCCCNc2ccc(Cl)cc2)c1. The zero-order valence-corrected chi connectivity index (χ0v) is 11.8. The van der Waals surface area contributed by atoms with Gasteiger partial charge in [0.1, 0.15) is 5.75 Å². The maximum atomic E-state index is 5.83. The van der Waals surface area contributed by atoms with Gasteiger partial charge in [0.05, 0.1) is 6.61 Å². The van der Waals surface area contributed by atoms with Gasteiger partial charge in [-0.05, 0) is 55.3 Å². The molecule has 0 spiro atoms. The molecule has 0 fully saturated rings. The van der Waals surface area contributed by atoms with Gasteiger partial charge in [-0.1, -0.05) is 23.7 Å². The number of anilines is 1. The van der Waals surface area contributed by atoms with E-state index < -0.39 is 0 Å². The van der Waals surface area contributed by atoms with E-state index in [4.69, 9.17) is 16.3 Å². The second-order valence-electron chi connectivity index (χ2n) is 4.45. The van der Waals surface area contributed by atoms with E-state index in [-0.39, 0.29) is 0 Å². The van der Waals surface area contributed by atoms with Crippen LogP contribution in [0.25, 0.3) is 0 Å². The van der Waals surface area contributed by atoms with Crippen molar-refractivity contribution in [1.82, 2.24) is 0 Å². The number of hydrogen-bond donors (Lipinski definition) is 1. The summed E-state index contributed by atoms with van der Waals surface area (Å²) in [4.78, 5) is 0. The summed E-state index contributed by atoms with van der Waals surface area (Å²) in [5.41, 5.74) is 2.30. The summed E-state index contributed by atoms with van der Waals surface area (Å²) in [7, 11) is 0. The first-order valence-electron chi connectivity index (χ1n) is 6.43. The molecule has 0 heterocycles. The average molecular weight is 276 g/mol. The van der Waals surface area contributed by atoms with Crippen LogP contribution in [0.2, 0.25) is 5.02 Å². The molecule has 0 unspecified atom stereocenters. The van der Waals surface area contributed by atoms with Gasteiger partial charge in [-0.3, -0.25) is 0 Å². The number of benzene rings is 2. The Hall–Kier alpha value is -1.67. The number of ether oxygens (including phenoxy) is 1. The lowest BCUT2D eigenvalue weighted by molar-refractivity contribution is 0.315. The van der Waals surface area contributed by atoms with Crippen LogP contribution in [-0.2, 0) is 0 Å². The molecule has 0 aliphatic carbocycles. The molecule has 3 heteroatoms. The van der Waals surface area contributed by atoms with Gasteiger partial charge in [0.25, 0.3) is 0 Å². The minimum atomic E-state index is 0.712. The number of rotatable bonds is 6. The zero-order valence-electron chi connectivity index (χ0n) is 11.0. The molecule has 0 aliphatic heterocycles. The molecule has 2 nitrogen and oxygen atoms in total. The van der Waals surface area contributed by atoms with Crippen LogP contribution in [0.3, 0.4) is 0 Å². The Bertz CT molecular complexity index is 510. The summed E-state index contributed by atoms with van der Waals surface area (Å²) in [6.07, 6.45) is 0.955. The second kappa shape index (κ2) is 7.05. The largest absolute Gasteiger partial charge is 0.494 e. The van der Waals surface area contributed by atoms with Gasteiger partial charge in [-0.2, -0.15) is 0 Å². The molecule has 1 N–H and O–H groups in total. The third-order valence-corrected chi connectivity index (χ3v) is 3.00. The van der Waals surface area contributed by atoms with E-state index in [0.717, 1.165) is 29.4 Å². The summed E-state index contributed by atoms with van der Waals surface area (Å²) >= 11 is 5.83. The van der Waals surface area contributed by atoms with Crippen molar-refractivity contribution < 1.29 is 4.74 Å². The summed E-state index contributed by atoms with van der Waals surface area (Å²) in [5, 5.41) is 4.09. The smallest absolute Gasteiger partial charge is 0.119 e. The Labute approximate surface area is 119 Å². The van der Waals surface area contributed by atoms with Crippen LogP contribution in [0.1, 0.15) is 12.0 Å². The average Bonchev–Trinajstić information content (AvgIpc) is 2.41. The lowest BCUT2D eigenvalue weighted by Gasteiger charge is -2.08. The van der Waals surface area contributed by atoms with Crippen molar-refractivity contribution in [3.05, 3.63) is 59.1 Å².